The number of aryl methyl sites for hydroxylation is 2. The Morgan fingerprint density at radius 1 is 0.513 bits per heavy atom. The largest absolute Gasteiger partial charge is 0.219 e. The second kappa shape index (κ2) is 11.2. The smallest absolute Gasteiger partial charge is 0.206 e. The van der Waals surface area contributed by atoms with Gasteiger partial charge in [0.2, 0.25) is 9.84 Å². The van der Waals surface area contributed by atoms with Gasteiger partial charge in [-0.1, -0.05) is 89.3 Å². The summed E-state index contributed by atoms with van der Waals surface area (Å²) < 4.78 is 26.8. The third kappa shape index (κ3) is 7.00. The predicted molar refractivity (Wildman–Crippen MR) is 166 cm³/mol. The second-order valence-electron chi connectivity index (χ2n) is 12.1. The standard InChI is InChI=1S/C34H38O2S3/c1-23-9-11-25(33(3,4)5)21-31(23)37-27-13-17-29(18-14-27)39(35,36)30-19-15-28(16-20-30)38-32-22-26(34(6,7)8)12-10-24(32)2/h9-22H,1-8H3. The first-order valence-corrected chi connectivity index (χ1v) is 16.3. The second-order valence-corrected chi connectivity index (χ2v) is 16.3. The van der Waals surface area contributed by atoms with Gasteiger partial charge in [0, 0.05) is 19.6 Å². The average molecular weight is 575 g/mol. The van der Waals surface area contributed by atoms with E-state index >= 15 is 0 Å². The van der Waals surface area contributed by atoms with Crippen molar-refractivity contribution in [3.63, 3.8) is 0 Å². The van der Waals surface area contributed by atoms with E-state index < -0.39 is 9.84 Å². The van der Waals surface area contributed by atoms with Crippen molar-refractivity contribution in [2.75, 3.05) is 0 Å². The van der Waals surface area contributed by atoms with Gasteiger partial charge < -0.3 is 0 Å². The fourth-order valence-electron chi connectivity index (χ4n) is 4.12. The van der Waals surface area contributed by atoms with Crippen LogP contribution >= 0.6 is 23.5 Å². The highest BCUT2D eigenvalue weighted by Crippen LogP contribution is 2.37. The molecule has 0 spiro atoms. The lowest BCUT2D eigenvalue weighted by Gasteiger charge is -2.20. The highest BCUT2D eigenvalue weighted by Gasteiger charge is 2.19. The fourth-order valence-corrected chi connectivity index (χ4v) is 7.26. The van der Waals surface area contributed by atoms with Crippen LogP contribution in [0.3, 0.4) is 0 Å². The van der Waals surface area contributed by atoms with E-state index in [9.17, 15) is 8.42 Å². The molecule has 0 radical (unpaired) electrons. The molecule has 0 aromatic heterocycles. The molecular weight excluding hydrogens is 537 g/mol. The Labute approximate surface area is 243 Å². The maximum atomic E-state index is 13.4. The van der Waals surface area contributed by atoms with Crippen molar-refractivity contribution < 1.29 is 8.42 Å². The van der Waals surface area contributed by atoms with E-state index in [2.05, 4.69) is 91.8 Å². The lowest BCUT2D eigenvalue weighted by molar-refractivity contribution is 0.588. The molecule has 4 aromatic rings. The number of hydrogen-bond acceptors (Lipinski definition) is 4. The minimum Gasteiger partial charge on any atom is -0.219 e. The maximum Gasteiger partial charge on any atom is 0.206 e. The number of hydrogen-bond donors (Lipinski definition) is 0. The summed E-state index contributed by atoms with van der Waals surface area (Å²) >= 11 is 3.34. The number of rotatable bonds is 6. The third-order valence-electron chi connectivity index (χ3n) is 6.83. The van der Waals surface area contributed by atoms with Crippen molar-refractivity contribution in [3.8, 4) is 0 Å². The van der Waals surface area contributed by atoms with E-state index in [1.165, 1.54) is 32.0 Å². The maximum absolute atomic E-state index is 13.4. The van der Waals surface area contributed by atoms with E-state index in [4.69, 9.17) is 0 Å². The van der Waals surface area contributed by atoms with Crippen molar-refractivity contribution in [1.29, 1.82) is 0 Å². The van der Waals surface area contributed by atoms with Crippen LogP contribution in [0, 0.1) is 13.8 Å². The molecule has 5 heteroatoms. The van der Waals surface area contributed by atoms with E-state index in [-0.39, 0.29) is 10.8 Å². The molecule has 2 nitrogen and oxygen atoms in total. The van der Waals surface area contributed by atoms with E-state index in [1.54, 1.807) is 47.8 Å². The normalized spacial score (nSPS) is 12.5. The van der Waals surface area contributed by atoms with Gasteiger partial charge in [-0.15, -0.1) is 0 Å². The van der Waals surface area contributed by atoms with Gasteiger partial charge in [-0.25, -0.2) is 8.42 Å². The summed E-state index contributed by atoms with van der Waals surface area (Å²) in [6, 6.07) is 27.6. The lowest BCUT2D eigenvalue weighted by Crippen LogP contribution is -2.11. The first-order valence-electron chi connectivity index (χ1n) is 13.2. The molecule has 0 aliphatic carbocycles. The zero-order valence-electron chi connectivity index (χ0n) is 24.1. The van der Waals surface area contributed by atoms with Gasteiger partial charge in [0.05, 0.1) is 9.79 Å². The van der Waals surface area contributed by atoms with Crippen LogP contribution in [0.5, 0.6) is 0 Å². The van der Waals surface area contributed by atoms with Crippen molar-refractivity contribution in [2.24, 2.45) is 0 Å². The van der Waals surface area contributed by atoms with Gasteiger partial charge in [0.15, 0.2) is 0 Å². The molecule has 0 unspecified atom stereocenters. The average Bonchev–Trinajstić information content (AvgIpc) is 2.86. The van der Waals surface area contributed by atoms with Crippen molar-refractivity contribution in [2.45, 2.75) is 95.6 Å². The van der Waals surface area contributed by atoms with Crippen LogP contribution in [0.4, 0.5) is 0 Å². The molecule has 0 N–H and O–H groups in total. The van der Waals surface area contributed by atoms with Gasteiger partial charge in [-0.2, -0.15) is 0 Å². The Kier molecular flexibility index (Phi) is 8.47. The molecule has 0 heterocycles. The molecule has 4 aromatic carbocycles. The van der Waals surface area contributed by atoms with Gasteiger partial charge in [0.25, 0.3) is 0 Å². The van der Waals surface area contributed by atoms with Crippen LogP contribution in [-0.4, -0.2) is 8.42 Å². The highest BCUT2D eigenvalue weighted by molar-refractivity contribution is 7.99. The summed E-state index contributed by atoms with van der Waals surface area (Å²) in [4.78, 5) is 5.02. The molecule has 0 aliphatic heterocycles. The van der Waals surface area contributed by atoms with Crippen molar-refractivity contribution >= 4 is 33.4 Å². The van der Waals surface area contributed by atoms with E-state index in [0.717, 1.165) is 9.79 Å². The highest BCUT2D eigenvalue weighted by atomic mass is 32.2. The first-order chi connectivity index (χ1) is 18.1. The Bertz CT molecular complexity index is 1450. The molecule has 0 saturated carbocycles. The molecule has 204 valence electrons. The van der Waals surface area contributed by atoms with Gasteiger partial charge in [0.1, 0.15) is 0 Å². The van der Waals surface area contributed by atoms with Crippen molar-refractivity contribution in [1.82, 2.24) is 0 Å². The zero-order chi connectivity index (χ0) is 28.6. The van der Waals surface area contributed by atoms with Crippen molar-refractivity contribution in [3.05, 3.63) is 107 Å². The summed E-state index contributed by atoms with van der Waals surface area (Å²) in [6.07, 6.45) is 0. The van der Waals surface area contributed by atoms with Gasteiger partial charge in [-0.05, 0) is 108 Å². The molecule has 4 rings (SSSR count). The molecule has 0 amide bonds. The van der Waals surface area contributed by atoms with Gasteiger partial charge in [-0.3, -0.25) is 0 Å². The molecule has 0 atom stereocenters. The summed E-state index contributed by atoms with van der Waals surface area (Å²) in [5.41, 5.74) is 5.14. The molecule has 0 fully saturated rings. The lowest BCUT2D eigenvalue weighted by atomic mass is 9.87. The molecule has 39 heavy (non-hydrogen) atoms. The van der Waals surface area contributed by atoms with Crippen LogP contribution in [0.1, 0.15) is 63.8 Å². The number of sulfone groups is 1. The Balaban J connectivity index is 1.51. The summed E-state index contributed by atoms with van der Waals surface area (Å²) in [6.45, 7) is 17.5. The quantitative estimate of drug-likeness (QED) is 0.229. The van der Waals surface area contributed by atoms with E-state index in [0.29, 0.717) is 9.79 Å². The van der Waals surface area contributed by atoms with Gasteiger partial charge >= 0.3 is 0 Å². The minimum absolute atomic E-state index is 0.0737. The topological polar surface area (TPSA) is 34.1 Å². The predicted octanol–water partition coefficient (Wildman–Crippen LogP) is 10.0. The van der Waals surface area contributed by atoms with Crippen LogP contribution in [-0.2, 0) is 20.7 Å². The first kappa shape index (κ1) is 29.5. The molecular formula is C34H38O2S3. The summed E-state index contributed by atoms with van der Waals surface area (Å²) in [5.74, 6) is 0. The zero-order valence-corrected chi connectivity index (χ0v) is 26.6. The third-order valence-corrected chi connectivity index (χ3v) is 11.0. The summed E-state index contributed by atoms with van der Waals surface area (Å²) in [7, 11) is -3.61. The van der Waals surface area contributed by atoms with E-state index in [1.807, 2.05) is 24.3 Å². The molecule has 0 aliphatic rings. The summed E-state index contributed by atoms with van der Waals surface area (Å²) in [5, 5.41) is 0. The Morgan fingerprint density at radius 3 is 1.15 bits per heavy atom. The van der Waals surface area contributed by atoms with Crippen LogP contribution in [0.2, 0.25) is 0 Å². The molecule has 0 bridgehead atoms. The Morgan fingerprint density at radius 2 is 0.846 bits per heavy atom. The number of benzene rings is 4. The minimum atomic E-state index is -3.61. The van der Waals surface area contributed by atoms with Crippen LogP contribution in [0.15, 0.2) is 114 Å². The van der Waals surface area contributed by atoms with Crippen LogP contribution < -0.4 is 0 Å². The molecule has 0 saturated heterocycles. The Hall–Kier alpha value is -2.47. The fraction of sp³-hybridized carbons (Fsp3) is 0.294. The SMILES string of the molecule is Cc1ccc(C(C)(C)C)cc1Sc1ccc(S(=O)(=O)c2ccc(Sc3cc(C(C)(C)C)ccc3C)cc2)cc1. The monoisotopic (exact) mass is 574 g/mol. The van der Waals surface area contributed by atoms with Crippen LogP contribution in [0.25, 0.3) is 0 Å².